The molecule has 1 N–H and O–H groups in total. The molecule has 3 nitrogen and oxygen atoms in total. The van der Waals surface area contributed by atoms with Crippen molar-refractivity contribution in [1.82, 2.24) is 4.90 Å². The fourth-order valence-corrected chi connectivity index (χ4v) is 1.63. The number of alkyl halides is 3. The molecule has 6 heteroatoms. The van der Waals surface area contributed by atoms with Gasteiger partial charge in [-0.15, -0.1) is 0 Å². The lowest BCUT2D eigenvalue weighted by molar-refractivity contribution is -0.146. The van der Waals surface area contributed by atoms with Crippen LogP contribution in [0.2, 0.25) is 0 Å². The maximum atomic E-state index is 12.3. The predicted molar refractivity (Wildman–Crippen MR) is 61.7 cm³/mol. The Bertz CT molecular complexity index is 393. The third kappa shape index (κ3) is 4.44. The van der Waals surface area contributed by atoms with Gasteiger partial charge in [0.25, 0.3) is 0 Å². The van der Waals surface area contributed by atoms with Gasteiger partial charge in [0, 0.05) is 6.54 Å². The summed E-state index contributed by atoms with van der Waals surface area (Å²) in [5, 5.41) is 9.54. The molecule has 0 aliphatic carbocycles. The summed E-state index contributed by atoms with van der Waals surface area (Å²) in [6.45, 7) is 1.12. The molecule has 1 rings (SSSR count). The highest BCUT2D eigenvalue weighted by atomic mass is 19.4. The van der Waals surface area contributed by atoms with E-state index in [0.717, 1.165) is 0 Å². The fourth-order valence-electron chi connectivity index (χ4n) is 1.63. The summed E-state index contributed by atoms with van der Waals surface area (Å²) < 4.78 is 41.7. The van der Waals surface area contributed by atoms with E-state index in [-0.39, 0.29) is 18.8 Å². The molecule has 0 aromatic heterocycles. The molecule has 0 fully saturated rings. The molecule has 0 saturated heterocycles. The summed E-state index contributed by atoms with van der Waals surface area (Å²) in [5.74, 6) is 0.232. The lowest BCUT2D eigenvalue weighted by Crippen LogP contribution is -2.33. The van der Waals surface area contributed by atoms with Gasteiger partial charge in [0.15, 0.2) is 11.5 Å². The average Bonchev–Trinajstić information content (AvgIpc) is 2.26. The van der Waals surface area contributed by atoms with Crippen LogP contribution in [0, 0.1) is 0 Å². The van der Waals surface area contributed by atoms with E-state index in [1.165, 1.54) is 24.1 Å². The molecule has 1 aromatic rings. The van der Waals surface area contributed by atoms with Gasteiger partial charge in [-0.25, -0.2) is 0 Å². The SMILES string of the molecule is CCN(Cc1ccc(OC)c(O)c1)CC(F)(F)F. The van der Waals surface area contributed by atoms with Crippen LogP contribution in [0.1, 0.15) is 12.5 Å². The number of hydrogen-bond acceptors (Lipinski definition) is 3. The first kappa shape index (κ1) is 14.6. The monoisotopic (exact) mass is 263 g/mol. The highest BCUT2D eigenvalue weighted by Crippen LogP contribution is 2.27. The fraction of sp³-hybridized carbons (Fsp3) is 0.500. The van der Waals surface area contributed by atoms with Crippen molar-refractivity contribution in [3.8, 4) is 11.5 Å². The van der Waals surface area contributed by atoms with Crippen LogP contribution in [0.3, 0.4) is 0 Å². The van der Waals surface area contributed by atoms with Crippen LogP contribution in [0.5, 0.6) is 11.5 Å². The van der Waals surface area contributed by atoms with Crippen molar-refractivity contribution < 1.29 is 23.0 Å². The third-order valence-electron chi connectivity index (χ3n) is 2.50. The van der Waals surface area contributed by atoms with Gasteiger partial charge in [-0.1, -0.05) is 13.0 Å². The summed E-state index contributed by atoms with van der Waals surface area (Å²) in [5.41, 5.74) is 0.611. The number of phenols is 1. The number of hydrogen-bond donors (Lipinski definition) is 1. The van der Waals surface area contributed by atoms with Crippen LogP contribution >= 0.6 is 0 Å². The maximum Gasteiger partial charge on any atom is 0.401 e. The first-order valence-electron chi connectivity index (χ1n) is 5.50. The van der Waals surface area contributed by atoms with E-state index in [9.17, 15) is 18.3 Å². The molecule has 0 amide bonds. The largest absolute Gasteiger partial charge is 0.504 e. The number of nitrogens with zero attached hydrogens (tertiary/aromatic N) is 1. The normalized spacial score (nSPS) is 11.9. The Morgan fingerprint density at radius 3 is 2.44 bits per heavy atom. The number of phenolic OH excluding ortho intramolecular Hbond substituents is 1. The zero-order chi connectivity index (χ0) is 13.8. The van der Waals surface area contributed by atoms with Crippen molar-refractivity contribution in [2.24, 2.45) is 0 Å². The highest BCUT2D eigenvalue weighted by molar-refractivity contribution is 5.41. The first-order valence-corrected chi connectivity index (χ1v) is 5.50. The van der Waals surface area contributed by atoms with Gasteiger partial charge in [0.05, 0.1) is 13.7 Å². The molecule has 0 aliphatic rings. The number of benzene rings is 1. The molecule has 0 unspecified atom stereocenters. The standard InChI is InChI=1S/C12H16F3NO2/c1-3-16(8-12(13,14)15)7-9-4-5-11(18-2)10(17)6-9/h4-6,17H,3,7-8H2,1-2H3. The number of rotatable bonds is 5. The molecule has 18 heavy (non-hydrogen) atoms. The summed E-state index contributed by atoms with van der Waals surface area (Å²) in [6, 6.07) is 4.58. The number of aromatic hydroxyl groups is 1. The zero-order valence-electron chi connectivity index (χ0n) is 10.3. The second-order valence-electron chi connectivity index (χ2n) is 3.92. The van der Waals surface area contributed by atoms with Gasteiger partial charge in [0.2, 0.25) is 0 Å². The van der Waals surface area contributed by atoms with E-state index in [4.69, 9.17) is 4.74 Å². The quantitative estimate of drug-likeness (QED) is 0.886. The number of methoxy groups -OCH3 is 1. The van der Waals surface area contributed by atoms with Crippen LogP contribution in [-0.4, -0.2) is 36.4 Å². The van der Waals surface area contributed by atoms with Crippen LogP contribution in [-0.2, 0) is 6.54 Å². The second kappa shape index (κ2) is 5.95. The molecular weight excluding hydrogens is 247 g/mol. The van der Waals surface area contributed by atoms with E-state index in [2.05, 4.69) is 0 Å². The molecule has 0 saturated carbocycles. The van der Waals surface area contributed by atoms with Crippen molar-refractivity contribution in [3.63, 3.8) is 0 Å². The minimum atomic E-state index is -4.22. The molecule has 1 aromatic carbocycles. The smallest absolute Gasteiger partial charge is 0.401 e. The van der Waals surface area contributed by atoms with E-state index < -0.39 is 12.7 Å². The van der Waals surface area contributed by atoms with Gasteiger partial charge in [-0.2, -0.15) is 13.2 Å². The van der Waals surface area contributed by atoms with Gasteiger partial charge in [-0.05, 0) is 24.2 Å². The summed E-state index contributed by atoms with van der Waals surface area (Å²) in [4.78, 5) is 1.25. The number of ether oxygens (including phenoxy) is 1. The minimum absolute atomic E-state index is 0.0712. The van der Waals surface area contributed by atoms with Gasteiger partial charge in [0.1, 0.15) is 0 Å². The topological polar surface area (TPSA) is 32.7 Å². The molecule has 0 radical (unpaired) electrons. The van der Waals surface area contributed by atoms with Gasteiger partial charge in [-0.3, -0.25) is 4.90 Å². The van der Waals surface area contributed by atoms with Crippen molar-refractivity contribution in [3.05, 3.63) is 23.8 Å². The van der Waals surface area contributed by atoms with Crippen LogP contribution in [0.15, 0.2) is 18.2 Å². The Kier molecular flexibility index (Phi) is 4.84. The Morgan fingerprint density at radius 2 is 2.00 bits per heavy atom. The van der Waals surface area contributed by atoms with Gasteiger partial charge < -0.3 is 9.84 Å². The minimum Gasteiger partial charge on any atom is -0.504 e. The highest BCUT2D eigenvalue weighted by Gasteiger charge is 2.30. The zero-order valence-corrected chi connectivity index (χ0v) is 10.3. The van der Waals surface area contributed by atoms with Crippen LogP contribution in [0.25, 0.3) is 0 Å². The van der Waals surface area contributed by atoms with Crippen molar-refractivity contribution >= 4 is 0 Å². The van der Waals surface area contributed by atoms with E-state index in [1.807, 2.05) is 0 Å². The average molecular weight is 263 g/mol. The molecular formula is C12H16F3NO2. The summed E-state index contributed by atoms with van der Waals surface area (Å²) >= 11 is 0. The van der Waals surface area contributed by atoms with E-state index >= 15 is 0 Å². The Labute approximate surface area is 104 Å². The third-order valence-corrected chi connectivity index (χ3v) is 2.50. The van der Waals surface area contributed by atoms with Crippen molar-refractivity contribution in [2.45, 2.75) is 19.6 Å². The lowest BCUT2D eigenvalue weighted by atomic mass is 10.2. The summed E-state index contributed by atoms with van der Waals surface area (Å²) in [6.07, 6.45) is -4.22. The Balaban J connectivity index is 2.73. The lowest BCUT2D eigenvalue weighted by Gasteiger charge is -2.22. The molecule has 0 aliphatic heterocycles. The van der Waals surface area contributed by atoms with Crippen molar-refractivity contribution in [1.29, 1.82) is 0 Å². The van der Waals surface area contributed by atoms with Crippen molar-refractivity contribution in [2.75, 3.05) is 20.2 Å². The second-order valence-corrected chi connectivity index (χ2v) is 3.92. The molecule has 0 atom stereocenters. The number of halogens is 3. The van der Waals surface area contributed by atoms with Crippen LogP contribution < -0.4 is 4.74 Å². The Hall–Kier alpha value is -1.43. The summed E-state index contributed by atoms with van der Waals surface area (Å²) in [7, 11) is 1.41. The van der Waals surface area contributed by atoms with Crippen LogP contribution in [0.4, 0.5) is 13.2 Å². The molecule has 0 spiro atoms. The predicted octanol–water partition coefficient (Wildman–Crippen LogP) is 2.79. The van der Waals surface area contributed by atoms with E-state index in [0.29, 0.717) is 11.3 Å². The maximum absolute atomic E-state index is 12.3. The van der Waals surface area contributed by atoms with E-state index in [1.54, 1.807) is 13.0 Å². The molecule has 102 valence electrons. The Morgan fingerprint density at radius 1 is 1.33 bits per heavy atom. The molecule has 0 bridgehead atoms. The molecule has 0 heterocycles. The van der Waals surface area contributed by atoms with Gasteiger partial charge >= 0.3 is 6.18 Å². The first-order chi connectivity index (χ1) is 8.35.